The summed E-state index contributed by atoms with van der Waals surface area (Å²) >= 11 is 0. The molecular weight excluding hydrogens is 158 g/mol. The lowest BCUT2D eigenvalue weighted by Gasteiger charge is -1.98. The molecule has 2 aromatic rings. The van der Waals surface area contributed by atoms with Crippen molar-refractivity contribution in [3.05, 3.63) is 23.8 Å². The monoisotopic (exact) mass is 175 g/mol. The molecule has 1 heteroatoms. The number of H-pyrrole nitrogens is 1. The lowest BCUT2D eigenvalue weighted by atomic mass is 10.1. The van der Waals surface area contributed by atoms with Crippen molar-refractivity contribution in [2.75, 3.05) is 0 Å². The molecule has 0 aliphatic heterocycles. The summed E-state index contributed by atoms with van der Waals surface area (Å²) in [4.78, 5) is 3.35. The minimum absolute atomic E-state index is 1.25. The molecule has 0 aliphatic rings. The Morgan fingerprint density at radius 2 is 2.08 bits per heavy atom. The van der Waals surface area contributed by atoms with Gasteiger partial charge in [-0.3, -0.25) is 0 Å². The SMILES string of the molecule is CCCCCCc1cc2ccc1[nH]2. The summed E-state index contributed by atoms with van der Waals surface area (Å²) in [5.74, 6) is 0. The van der Waals surface area contributed by atoms with E-state index in [1.165, 1.54) is 48.7 Å². The zero-order valence-corrected chi connectivity index (χ0v) is 8.27. The number of fused-ring (bicyclic) bond motifs is 2. The minimum Gasteiger partial charge on any atom is -0.355 e. The molecule has 0 atom stereocenters. The molecule has 1 nitrogen and oxygen atoms in total. The number of hydrogen-bond donors (Lipinski definition) is 1. The van der Waals surface area contributed by atoms with Gasteiger partial charge in [0.25, 0.3) is 0 Å². The molecule has 13 heavy (non-hydrogen) atoms. The van der Waals surface area contributed by atoms with Gasteiger partial charge in [-0.1, -0.05) is 26.2 Å². The highest BCUT2D eigenvalue weighted by Crippen LogP contribution is 2.19. The molecule has 1 N–H and O–H groups in total. The number of aromatic amines is 1. The minimum atomic E-state index is 1.25. The molecule has 0 aromatic carbocycles. The van der Waals surface area contributed by atoms with E-state index in [9.17, 15) is 0 Å². The average Bonchev–Trinajstić information content (AvgIpc) is 2.73. The van der Waals surface area contributed by atoms with Crippen molar-refractivity contribution in [3.63, 3.8) is 0 Å². The normalized spacial score (nSPS) is 11.5. The molecule has 70 valence electrons. The van der Waals surface area contributed by atoms with Gasteiger partial charge in [0.15, 0.2) is 0 Å². The van der Waals surface area contributed by atoms with Crippen molar-refractivity contribution >= 4 is 11.0 Å². The van der Waals surface area contributed by atoms with Crippen molar-refractivity contribution < 1.29 is 0 Å². The van der Waals surface area contributed by atoms with Gasteiger partial charge in [-0.25, -0.2) is 0 Å². The van der Waals surface area contributed by atoms with Crippen molar-refractivity contribution in [2.24, 2.45) is 0 Å². The van der Waals surface area contributed by atoms with E-state index in [1.54, 1.807) is 0 Å². The Morgan fingerprint density at radius 3 is 2.69 bits per heavy atom. The van der Waals surface area contributed by atoms with Gasteiger partial charge in [-0.2, -0.15) is 0 Å². The fraction of sp³-hybridized carbons (Fsp3) is 0.500. The molecule has 0 fully saturated rings. The van der Waals surface area contributed by atoms with Crippen LogP contribution in [0, 0.1) is 0 Å². The maximum Gasteiger partial charge on any atom is 0.0418 e. The second-order valence-corrected chi connectivity index (χ2v) is 3.81. The van der Waals surface area contributed by atoms with Gasteiger partial charge in [0, 0.05) is 11.0 Å². The van der Waals surface area contributed by atoms with Crippen LogP contribution in [0.4, 0.5) is 0 Å². The number of benzene rings is 1. The van der Waals surface area contributed by atoms with E-state index in [0.29, 0.717) is 0 Å². The van der Waals surface area contributed by atoms with Crippen molar-refractivity contribution in [2.45, 2.75) is 39.0 Å². The maximum atomic E-state index is 3.35. The van der Waals surface area contributed by atoms with Crippen molar-refractivity contribution in [3.8, 4) is 0 Å². The van der Waals surface area contributed by atoms with Crippen LogP contribution in [-0.2, 0) is 6.42 Å². The van der Waals surface area contributed by atoms with Crippen LogP contribution in [0.15, 0.2) is 18.2 Å². The van der Waals surface area contributed by atoms with Crippen molar-refractivity contribution in [1.29, 1.82) is 0 Å². The lowest BCUT2D eigenvalue weighted by molar-refractivity contribution is 0.668. The van der Waals surface area contributed by atoms with Gasteiger partial charge in [-0.15, -0.1) is 0 Å². The molecule has 0 saturated carbocycles. The third-order valence-electron chi connectivity index (χ3n) is 2.68. The highest BCUT2D eigenvalue weighted by molar-refractivity contribution is 5.70. The van der Waals surface area contributed by atoms with E-state index >= 15 is 0 Å². The molecule has 0 unspecified atom stereocenters. The summed E-state index contributed by atoms with van der Waals surface area (Å²) in [6.07, 6.45) is 6.66. The summed E-state index contributed by atoms with van der Waals surface area (Å²) in [7, 11) is 0. The Kier molecular flexibility index (Phi) is 2.53. The zero-order valence-electron chi connectivity index (χ0n) is 8.27. The maximum absolute atomic E-state index is 3.35. The fourth-order valence-electron chi connectivity index (χ4n) is 1.90. The third kappa shape index (κ3) is 1.85. The number of aromatic nitrogens is 1. The van der Waals surface area contributed by atoms with Gasteiger partial charge in [0.1, 0.15) is 0 Å². The third-order valence-corrected chi connectivity index (χ3v) is 2.68. The smallest absolute Gasteiger partial charge is 0.0418 e. The predicted molar refractivity (Wildman–Crippen MR) is 57.3 cm³/mol. The highest BCUT2D eigenvalue weighted by Gasteiger charge is 2.02. The molecule has 0 aliphatic carbocycles. The second kappa shape index (κ2) is 3.82. The molecule has 0 radical (unpaired) electrons. The number of rotatable bonds is 5. The van der Waals surface area contributed by atoms with Crippen LogP contribution in [0.25, 0.3) is 11.0 Å². The van der Waals surface area contributed by atoms with Gasteiger partial charge in [-0.05, 0) is 36.6 Å². The average molecular weight is 175 g/mol. The van der Waals surface area contributed by atoms with Crippen LogP contribution in [0.2, 0.25) is 0 Å². The summed E-state index contributed by atoms with van der Waals surface area (Å²) in [5.41, 5.74) is 4.13. The Labute approximate surface area is 79.5 Å². The molecule has 0 spiro atoms. The van der Waals surface area contributed by atoms with Crippen molar-refractivity contribution in [1.82, 2.24) is 4.98 Å². The summed E-state index contributed by atoms with van der Waals surface area (Å²) in [6.45, 7) is 2.26. The summed E-state index contributed by atoms with van der Waals surface area (Å²) in [6, 6.07) is 6.61. The number of hydrogen-bond acceptors (Lipinski definition) is 0. The number of unbranched alkanes of at least 4 members (excludes halogenated alkanes) is 3. The molecular formula is C12H17N. The topological polar surface area (TPSA) is 15.8 Å². The predicted octanol–water partition coefficient (Wildman–Crippen LogP) is 3.73. The number of nitrogens with one attached hydrogen (secondary N) is 1. The van der Waals surface area contributed by atoms with E-state index in [0.717, 1.165) is 0 Å². The van der Waals surface area contributed by atoms with Crippen LogP contribution in [0.5, 0.6) is 0 Å². The number of aryl methyl sites for hydroxylation is 1. The standard InChI is InChI=1S/C12H17N/c1-2-3-4-5-6-10-9-11-7-8-12(10)13-11/h7-9,13H,2-6H2,1H3. The van der Waals surface area contributed by atoms with E-state index in [4.69, 9.17) is 0 Å². The van der Waals surface area contributed by atoms with Gasteiger partial charge >= 0.3 is 0 Å². The van der Waals surface area contributed by atoms with Gasteiger partial charge < -0.3 is 4.98 Å². The van der Waals surface area contributed by atoms with E-state index in [-0.39, 0.29) is 0 Å². The second-order valence-electron chi connectivity index (χ2n) is 3.81. The summed E-state index contributed by atoms with van der Waals surface area (Å²) < 4.78 is 0. The van der Waals surface area contributed by atoms with Crippen LogP contribution in [0.1, 0.15) is 38.2 Å². The van der Waals surface area contributed by atoms with Gasteiger partial charge in [0.2, 0.25) is 0 Å². The first kappa shape index (κ1) is 8.61. The molecule has 2 rings (SSSR count). The van der Waals surface area contributed by atoms with Crippen LogP contribution in [0.3, 0.4) is 0 Å². The molecule has 2 bridgehead atoms. The molecule has 2 aromatic heterocycles. The fourth-order valence-corrected chi connectivity index (χ4v) is 1.90. The molecule has 0 saturated heterocycles. The zero-order chi connectivity index (χ0) is 9.10. The first-order chi connectivity index (χ1) is 6.40. The van der Waals surface area contributed by atoms with Crippen LogP contribution < -0.4 is 0 Å². The Bertz CT molecular complexity index is 348. The van der Waals surface area contributed by atoms with E-state index in [2.05, 4.69) is 30.1 Å². The van der Waals surface area contributed by atoms with Gasteiger partial charge in [0.05, 0.1) is 0 Å². The Balaban J connectivity index is 1.85. The van der Waals surface area contributed by atoms with Crippen LogP contribution in [-0.4, -0.2) is 4.98 Å². The Morgan fingerprint density at radius 1 is 1.15 bits per heavy atom. The van der Waals surface area contributed by atoms with E-state index in [1.807, 2.05) is 0 Å². The summed E-state index contributed by atoms with van der Waals surface area (Å²) in [5, 5.41) is 0. The molecule has 0 amide bonds. The highest BCUT2D eigenvalue weighted by atomic mass is 14.7. The Hall–Kier alpha value is -0.980. The van der Waals surface area contributed by atoms with Crippen LogP contribution >= 0.6 is 0 Å². The largest absolute Gasteiger partial charge is 0.355 e. The lowest BCUT2D eigenvalue weighted by Crippen LogP contribution is -1.83. The van der Waals surface area contributed by atoms with E-state index < -0.39 is 0 Å². The molecule has 2 heterocycles. The first-order valence-electron chi connectivity index (χ1n) is 5.30. The quantitative estimate of drug-likeness (QED) is 0.666. The first-order valence-corrected chi connectivity index (χ1v) is 5.30.